The number of hydrogen-bond acceptors (Lipinski definition) is 9. The van der Waals surface area contributed by atoms with Gasteiger partial charge in [-0.2, -0.15) is 10.2 Å². The molecule has 11 nitrogen and oxygen atoms in total. The Morgan fingerprint density at radius 3 is 2.77 bits per heavy atom. The Hall–Kier alpha value is -3.48. The van der Waals surface area contributed by atoms with Crippen molar-refractivity contribution >= 4 is 40.5 Å². The summed E-state index contributed by atoms with van der Waals surface area (Å²) in [7, 11) is 2.08. The van der Waals surface area contributed by atoms with Crippen molar-refractivity contribution in [2.24, 2.45) is 0 Å². The number of nitrogens with one attached hydrogen (secondary N) is 2. The zero-order chi connectivity index (χ0) is 24.5. The second-order valence-electron chi connectivity index (χ2n) is 8.95. The van der Waals surface area contributed by atoms with Crippen LogP contribution >= 0.6 is 11.6 Å². The van der Waals surface area contributed by atoms with Crippen LogP contribution < -0.4 is 10.6 Å². The summed E-state index contributed by atoms with van der Waals surface area (Å²) < 4.78 is 1.43. The van der Waals surface area contributed by atoms with Crippen LogP contribution in [0.1, 0.15) is 30.1 Å². The van der Waals surface area contributed by atoms with Gasteiger partial charge in [0.1, 0.15) is 0 Å². The topological polar surface area (TPSA) is 122 Å². The van der Waals surface area contributed by atoms with Gasteiger partial charge in [0.25, 0.3) is 17.4 Å². The number of β-amino-alcohol motifs (C(OH)–C–C–N with tert-alkyl or cyclic N) is 1. The van der Waals surface area contributed by atoms with Gasteiger partial charge in [0.15, 0.2) is 5.82 Å². The lowest BCUT2D eigenvalue weighted by Crippen LogP contribution is -2.45. The average Bonchev–Trinajstić information content (AvgIpc) is 3.57. The number of likely N-dealkylation sites (N-methyl/N-ethyl adjacent to an activating group) is 1. The minimum Gasteiger partial charge on any atom is -0.387 e. The number of imidazole rings is 1. The highest BCUT2D eigenvalue weighted by atomic mass is 35.5. The largest absolute Gasteiger partial charge is 0.387 e. The fraction of sp³-hybridized carbons (Fsp3) is 0.435. The molecule has 1 aliphatic heterocycles. The van der Waals surface area contributed by atoms with Crippen molar-refractivity contribution in [1.29, 1.82) is 5.26 Å². The summed E-state index contributed by atoms with van der Waals surface area (Å²) in [6, 6.07) is 5.67. The lowest BCUT2D eigenvalue weighted by atomic mass is 10.0. The Morgan fingerprint density at radius 2 is 2.09 bits per heavy atom. The number of aliphatic hydroxyl groups excluding tert-OH is 1. The summed E-state index contributed by atoms with van der Waals surface area (Å²) in [4.78, 5) is 16.8. The number of nitrogens with zero attached hydrogens (tertiary/aromatic N) is 8. The maximum atomic E-state index is 11.0. The highest BCUT2D eigenvalue weighted by Crippen LogP contribution is 2.35. The van der Waals surface area contributed by atoms with Crippen LogP contribution in [0.2, 0.25) is 5.02 Å². The highest BCUT2D eigenvalue weighted by molar-refractivity contribution is 6.34. The van der Waals surface area contributed by atoms with Crippen LogP contribution in [-0.4, -0.2) is 80.3 Å². The Bertz CT molecular complexity index is 1330. The Labute approximate surface area is 207 Å². The summed E-state index contributed by atoms with van der Waals surface area (Å²) >= 11 is 6.72. The van der Waals surface area contributed by atoms with Crippen LogP contribution in [0.5, 0.6) is 0 Å². The molecule has 0 radical (unpaired) electrons. The average molecular weight is 493 g/mol. The number of piperazine rings is 1. The monoisotopic (exact) mass is 492 g/mol. The SMILES string of the molecule is [C-]#[N+]c1cnc2c(NC3CC3)nc(Nc3cc(C#N)cc(C(O)CN4CCN(C)CC4)c3Cl)nn12. The number of aliphatic hydroxyl groups is 1. The molecular formula is C23H25ClN10O. The molecule has 0 bridgehead atoms. The predicted octanol–water partition coefficient (Wildman–Crippen LogP) is 2.80. The van der Waals surface area contributed by atoms with E-state index in [1.165, 1.54) is 10.7 Å². The van der Waals surface area contributed by atoms with Crippen molar-refractivity contribution < 1.29 is 5.11 Å². The number of halogens is 1. The first kappa shape index (κ1) is 23.3. The van der Waals surface area contributed by atoms with Crippen LogP contribution in [0, 0.1) is 17.9 Å². The molecule has 3 heterocycles. The van der Waals surface area contributed by atoms with E-state index in [-0.39, 0.29) is 11.8 Å². The molecule has 1 atom stereocenters. The molecule has 12 heteroatoms. The smallest absolute Gasteiger partial charge is 0.275 e. The van der Waals surface area contributed by atoms with E-state index in [9.17, 15) is 10.4 Å². The van der Waals surface area contributed by atoms with Crippen LogP contribution in [0.3, 0.4) is 0 Å². The van der Waals surface area contributed by atoms with Crippen molar-refractivity contribution in [3.8, 4) is 6.07 Å². The van der Waals surface area contributed by atoms with E-state index in [0.717, 1.165) is 39.0 Å². The first-order valence-electron chi connectivity index (χ1n) is 11.4. The number of nitriles is 1. The lowest BCUT2D eigenvalue weighted by Gasteiger charge is -2.33. The summed E-state index contributed by atoms with van der Waals surface area (Å²) in [6.45, 7) is 11.4. The molecule has 2 aliphatic rings. The fourth-order valence-electron chi connectivity index (χ4n) is 4.06. The molecule has 3 N–H and O–H groups in total. The first-order valence-corrected chi connectivity index (χ1v) is 11.8. The second kappa shape index (κ2) is 9.64. The van der Waals surface area contributed by atoms with E-state index in [0.29, 0.717) is 45.9 Å². The number of hydrogen-bond donors (Lipinski definition) is 3. The van der Waals surface area contributed by atoms with Gasteiger partial charge in [0.2, 0.25) is 0 Å². The minimum atomic E-state index is -0.863. The predicted molar refractivity (Wildman–Crippen MR) is 132 cm³/mol. The third kappa shape index (κ3) is 4.99. The number of fused-ring (bicyclic) bond motifs is 1. The van der Waals surface area contributed by atoms with Crippen LogP contribution in [0.25, 0.3) is 10.5 Å². The van der Waals surface area contributed by atoms with Crippen molar-refractivity contribution in [2.45, 2.75) is 25.0 Å². The van der Waals surface area contributed by atoms with Gasteiger partial charge in [-0.15, -0.1) is 4.52 Å². The van der Waals surface area contributed by atoms with Gasteiger partial charge in [-0.05, 0) is 32.0 Å². The molecule has 35 heavy (non-hydrogen) atoms. The van der Waals surface area contributed by atoms with Gasteiger partial charge in [0.05, 0.1) is 34.6 Å². The number of anilines is 3. The molecule has 1 saturated heterocycles. The van der Waals surface area contributed by atoms with Gasteiger partial charge >= 0.3 is 0 Å². The molecule has 1 aromatic carbocycles. The zero-order valence-corrected chi connectivity index (χ0v) is 20.0. The molecule has 3 aromatic rings. The molecular weight excluding hydrogens is 468 g/mol. The van der Waals surface area contributed by atoms with Crippen molar-refractivity contribution in [1.82, 2.24) is 29.4 Å². The van der Waals surface area contributed by atoms with Gasteiger partial charge in [0, 0.05) is 44.3 Å². The van der Waals surface area contributed by atoms with Crippen LogP contribution in [0.4, 0.5) is 23.3 Å². The molecule has 0 amide bonds. The van der Waals surface area contributed by atoms with Gasteiger partial charge in [-0.3, -0.25) is 4.90 Å². The highest BCUT2D eigenvalue weighted by Gasteiger charge is 2.26. The summed E-state index contributed by atoms with van der Waals surface area (Å²) in [5.41, 5.74) is 1.69. The van der Waals surface area contributed by atoms with E-state index in [1.807, 2.05) is 0 Å². The summed E-state index contributed by atoms with van der Waals surface area (Å²) in [6.07, 6.45) is 2.67. The minimum absolute atomic E-state index is 0.194. The maximum absolute atomic E-state index is 11.0. The Balaban J connectivity index is 1.46. The third-order valence-electron chi connectivity index (χ3n) is 6.24. The van der Waals surface area contributed by atoms with Crippen LogP contribution in [-0.2, 0) is 0 Å². The van der Waals surface area contributed by atoms with E-state index in [1.54, 1.807) is 12.1 Å². The van der Waals surface area contributed by atoms with E-state index >= 15 is 0 Å². The summed E-state index contributed by atoms with van der Waals surface area (Å²) in [5, 5.41) is 31.7. The zero-order valence-electron chi connectivity index (χ0n) is 19.2. The van der Waals surface area contributed by atoms with E-state index in [4.69, 9.17) is 18.2 Å². The molecule has 2 fully saturated rings. The van der Waals surface area contributed by atoms with Gasteiger partial charge < -0.3 is 25.5 Å². The lowest BCUT2D eigenvalue weighted by molar-refractivity contribution is 0.0806. The van der Waals surface area contributed by atoms with Crippen LogP contribution in [0.15, 0.2) is 18.3 Å². The standard InChI is InChI=1S/C23H25ClN10O/c1-26-19-12-27-22-21(28-15-3-4-15)30-23(31-34(19)22)29-17-10-14(11-25)9-16(20(17)24)18(35)13-33-7-5-32(2)6-8-33/h9-10,12,15,18,35H,3-8,13H2,2H3,(H2,28,29,30,31). The molecule has 1 unspecified atom stereocenters. The Kier molecular flexibility index (Phi) is 6.41. The number of benzene rings is 1. The van der Waals surface area contributed by atoms with Gasteiger partial charge in [-0.25, -0.2) is 4.98 Å². The third-order valence-corrected chi connectivity index (χ3v) is 6.66. The Morgan fingerprint density at radius 1 is 1.31 bits per heavy atom. The molecule has 2 aromatic heterocycles. The van der Waals surface area contributed by atoms with Crippen molar-refractivity contribution in [3.05, 3.63) is 45.9 Å². The first-order chi connectivity index (χ1) is 16.9. The van der Waals surface area contributed by atoms with Crippen molar-refractivity contribution in [2.75, 3.05) is 50.4 Å². The normalized spacial score (nSPS) is 17.6. The van der Waals surface area contributed by atoms with Crippen molar-refractivity contribution in [3.63, 3.8) is 0 Å². The maximum Gasteiger partial charge on any atom is 0.275 e. The van der Waals surface area contributed by atoms with Gasteiger partial charge in [-0.1, -0.05) is 23.3 Å². The number of aromatic nitrogens is 4. The number of rotatable bonds is 7. The van der Waals surface area contributed by atoms with E-state index < -0.39 is 6.10 Å². The molecule has 1 aliphatic carbocycles. The molecule has 0 spiro atoms. The molecule has 180 valence electrons. The molecule has 5 rings (SSSR count). The second-order valence-corrected chi connectivity index (χ2v) is 9.33. The molecule has 1 saturated carbocycles. The van der Waals surface area contributed by atoms with E-state index in [2.05, 4.69) is 53.5 Å². The fourth-order valence-corrected chi connectivity index (χ4v) is 4.34. The quantitative estimate of drug-likeness (QED) is 0.427. The summed E-state index contributed by atoms with van der Waals surface area (Å²) in [5.74, 6) is 0.965.